The molecule has 1 amide bonds. The van der Waals surface area contributed by atoms with E-state index in [9.17, 15) is 28.2 Å². The molecule has 2 N–H and O–H groups in total. The van der Waals surface area contributed by atoms with E-state index in [-0.39, 0.29) is 43.2 Å². The first-order valence-electron chi connectivity index (χ1n) is 13.7. The predicted molar refractivity (Wildman–Crippen MR) is 145 cm³/mol. The minimum Gasteiger partial charge on any atom is -0.444 e. The largest absolute Gasteiger partial charge is 0.444 e. The van der Waals surface area contributed by atoms with Gasteiger partial charge in [-0.25, -0.2) is 4.79 Å². The highest BCUT2D eigenvalue weighted by Gasteiger charge is 2.64. The average Bonchev–Trinajstić information content (AvgIpc) is 3.54. The average molecular weight is 589 g/mol. The maximum absolute atomic E-state index is 13.8. The van der Waals surface area contributed by atoms with E-state index >= 15 is 0 Å². The Labute approximate surface area is 241 Å². The van der Waals surface area contributed by atoms with Crippen LogP contribution in [0.2, 0.25) is 0 Å². The molecule has 0 spiro atoms. The number of pyridine rings is 1. The van der Waals surface area contributed by atoms with Crippen LogP contribution in [0.1, 0.15) is 77.0 Å². The van der Waals surface area contributed by atoms with E-state index in [1.165, 1.54) is 55.4 Å². The lowest BCUT2D eigenvalue weighted by Gasteiger charge is -2.56. The summed E-state index contributed by atoms with van der Waals surface area (Å²) in [4.78, 5) is 22.8. The highest BCUT2D eigenvalue weighted by Crippen LogP contribution is 2.59. The van der Waals surface area contributed by atoms with Gasteiger partial charge in [0.05, 0.1) is 5.41 Å². The Morgan fingerprint density at radius 1 is 1.00 bits per heavy atom. The molecule has 0 bridgehead atoms. The number of hydrogen-bond donors (Lipinski definition) is 2. The maximum atomic E-state index is 13.8. The third-order valence-corrected chi connectivity index (χ3v) is 8.12. The number of halogens is 3. The number of nitrogens with zero attached hydrogens (tertiary/aromatic N) is 4. The zero-order valence-electron chi connectivity index (χ0n) is 24.4. The first kappa shape index (κ1) is 30.0. The van der Waals surface area contributed by atoms with Gasteiger partial charge in [0.2, 0.25) is 5.82 Å². The summed E-state index contributed by atoms with van der Waals surface area (Å²) in [5.41, 5.74) is -5.50. The molecule has 1 saturated heterocycles. The van der Waals surface area contributed by atoms with Crippen molar-refractivity contribution >= 4 is 6.09 Å². The summed E-state index contributed by atoms with van der Waals surface area (Å²) < 4.78 is 52.1. The summed E-state index contributed by atoms with van der Waals surface area (Å²) in [6.07, 6.45) is -1.92. The minimum absolute atomic E-state index is 0.00798. The first-order chi connectivity index (χ1) is 19.3. The Morgan fingerprint density at radius 2 is 1.62 bits per heavy atom. The van der Waals surface area contributed by atoms with Crippen LogP contribution in [0.5, 0.6) is 0 Å². The number of hydrogen-bond acceptors (Lipinski definition) is 8. The predicted octanol–water partition coefficient (Wildman–Crippen LogP) is 5.45. The van der Waals surface area contributed by atoms with Gasteiger partial charge in [-0.2, -0.15) is 18.2 Å². The van der Waals surface area contributed by atoms with Crippen LogP contribution in [-0.4, -0.2) is 61.2 Å². The van der Waals surface area contributed by atoms with E-state index < -0.39 is 39.9 Å². The Kier molecular flexibility index (Phi) is 6.78. The molecule has 42 heavy (non-hydrogen) atoms. The molecule has 12 heteroatoms. The van der Waals surface area contributed by atoms with Crippen molar-refractivity contribution in [1.82, 2.24) is 20.0 Å². The molecule has 3 aromatic rings. The van der Waals surface area contributed by atoms with E-state index in [0.29, 0.717) is 16.7 Å². The molecule has 1 saturated carbocycles. The van der Waals surface area contributed by atoms with Gasteiger partial charge in [-0.3, -0.25) is 4.98 Å². The van der Waals surface area contributed by atoms with Crippen LogP contribution >= 0.6 is 0 Å². The second-order valence-corrected chi connectivity index (χ2v) is 13.2. The molecule has 0 radical (unpaired) electrons. The summed E-state index contributed by atoms with van der Waals surface area (Å²) in [6.45, 7) is 10.3. The molecule has 1 atom stereocenters. The first-order valence-corrected chi connectivity index (χ1v) is 13.7. The molecule has 1 aliphatic carbocycles. The second-order valence-electron chi connectivity index (χ2n) is 13.2. The van der Waals surface area contributed by atoms with Gasteiger partial charge in [-0.05, 0) is 64.7 Å². The standard InChI is InChI=1S/C30H35F3N4O5/c1-25(2,3)41-24(38)37-16-27(6,17-37)29(40,20-9-7-19(8-10-20)28(11-12-28)30(31,32)33)21-13-18(14-34-15-21)22-35-23(42-36-22)26(4,5)39/h7-10,13-15,39-40H,11-12,16-17H2,1-6H3/t29-/m0/s1. The van der Waals surface area contributed by atoms with Crippen molar-refractivity contribution in [2.45, 2.75) is 82.8 Å². The van der Waals surface area contributed by atoms with Crippen LogP contribution in [0, 0.1) is 5.41 Å². The molecule has 5 rings (SSSR count). The summed E-state index contributed by atoms with van der Waals surface area (Å²) in [5, 5.41) is 26.8. The van der Waals surface area contributed by atoms with Crippen molar-refractivity contribution < 1.29 is 37.4 Å². The van der Waals surface area contributed by atoms with Crippen LogP contribution < -0.4 is 0 Å². The highest BCUT2D eigenvalue weighted by atomic mass is 19.4. The molecule has 0 unspecified atom stereocenters. The summed E-state index contributed by atoms with van der Waals surface area (Å²) in [6, 6.07) is 7.48. The summed E-state index contributed by atoms with van der Waals surface area (Å²) in [7, 11) is 0. The fourth-order valence-corrected chi connectivity index (χ4v) is 5.58. The lowest BCUT2D eigenvalue weighted by Crippen LogP contribution is -2.66. The van der Waals surface area contributed by atoms with Crippen LogP contribution in [0.3, 0.4) is 0 Å². The van der Waals surface area contributed by atoms with Crippen LogP contribution in [0.4, 0.5) is 18.0 Å². The lowest BCUT2D eigenvalue weighted by atomic mass is 9.62. The normalized spacial score (nSPS) is 19.5. The number of carbonyl (C=O) groups is 1. The maximum Gasteiger partial charge on any atom is 0.410 e. The Morgan fingerprint density at radius 3 is 2.12 bits per heavy atom. The number of ether oxygens (including phenoxy) is 1. The monoisotopic (exact) mass is 588 g/mol. The smallest absolute Gasteiger partial charge is 0.410 e. The molecule has 3 heterocycles. The third kappa shape index (κ3) is 5.04. The topological polar surface area (TPSA) is 122 Å². The van der Waals surface area contributed by atoms with Crippen LogP contribution in [-0.2, 0) is 21.4 Å². The van der Waals surface area contributed by atoms with Gasteiger partial charge in [0.1, 0.15) is 16.8 Å². The number of likely N-dealkylation sites (tertiary alicyclic amines) is 1. The molecule has 1 aromatic carbocycles. The number of aromatic nitrogens is 3. The van der Waals surface area contributed by atoms with Gasteiger partial charge in [0, 0.05) is 42.0 Å². The molecule has 2 aromatic heterocycles. The fraction of sp³-hybridized carbons (Fsp3) is 0.533. The number of rotatable bonds is 6. The third-order valence-electron chi connectivity index (χ3n) is 8.12. The summed E-state index contributed by atoms with van der Waals surface area (Å²) >= 11 is 0. The molecule has 1 aliphatic heterocycles. The Hall–Kier alpha value is -3.51. The van der Waals surface area contributed by atoms with E-state index in [1.807, 2.05) is 0 Å². The number of benzene rings is 1. The van der Waals surface area contributed by atoms with Crippen molar-refractivity contribution in [2.24, 2.45) is 5.41 Å². The van der Waals surface area contributed by atoms with Crippen LogP contribution in [0.25, 0.3) is 11.4 Å². The number of alkyl halides is 3. The Balaban J connectivity index is 1.55. The molecule has 2 fully saturated rings. The Bertz CT molecular complexity index is 1480. The molecule has 9 nitrogen and oxygen atoms in total. The highest BCUT2D eigenvalue weighted by molar-refractivity contribution is 5.70. The zero-order valence-corrected chi connectivity index (χ0v) is 24.4. The quantitative estimate of drug-likeness (QED) is 0.390. The van der Waals surface area contributed by atoms with E-state index in [0.717, 1.165) is 0 Å². The van der Waals surface area contributed by atoms with Crippen molar-refractivity contribution in [3.8, 4) is 11.4 Å². The van der Waals surface area contributed by atoms with Gasteiger partial charge >= 0.3 is 12.3 Å². The van der Waals surface area contributed by atoms with Crippen LogP contribution in [0.15, 0.2) is 47.2 Å². The molecule has 2 aliphatic rings. The number of amides is 1. The van der Waals surface area contributed by atoms with Crippen molar-refractivity contribution in [1.29, 1.82) is 0 Å². The SMILES string of the molecule is CC(C)(C)OC(=O)N1CC(C)([C@](O)(c2ccc(C3(C(F)(F)F)CC3)cc2)c2cncc(-c3noc(C(C)(C)O)n3)c2)C1. The van der Waals surface area contributed by atoms with Gasteiger partial charge < -0.3 is 24.4 Å². The summed E-state index contributed by atoms with van der Waals surface area (Å²) in [5.74, 6) is 0.126. The number of aliphatic hydroxyl groups is 2. The minimum atomic E-state index is -4.37. The van der Waals surface area contributed by atoms with Crippen molar-refractivity contribution in [3.63, 3.8) is 0 Å². The molecular formula is C30H35F3N4O5. The van der Waals surface area contributed by atoms with E-state index in [4.69, 9.17) is 9.26 Å². The van der Waals surface area contributed by atoms with E-state index in [1.54, 1.807) is 33.8 Å². The van der Waals surface area contributed by atoms with Crippen molar-refractivity contribution in [3.05, 3.63) is 65.3 Å². The van der Waals surface area contributed by atoms with Gasteiger partial charge in [-0.15, -0.1) is 0 Å². The van der Waals surface area contributed by atoms with Gasteiger partial charge in [-0.1, -0.05) is 36.3 Å². The van der Waals surface area contributed by atoms with Crippen molar-refractivity contribution in [2.75, 3.05) is 13.1 Å². The second kappa shape index (κ2) is 9.50. The lowest BCUT2D eigenvalue weighted by molar-refractivity contribution is -0.160. The molecular weight excluding hydrogens is 553 g/mol. The van der Waals surface area contributed by atoms with Gasteiger partial charge in [0.15, 0.2) is 0 Å². The fourth-order valence-electron chi connectivity index (χ4n) is 5.58. The molecule has 226 valence electrons. The van der Waals surface area contributed by atoms with Gasteiger partial charge in [0.25, 0.3) is 5.89 Å². The van der Waals surface area contributed by atoms with E-state index in [2.05, 4.69) is 15.1 Å². The number of carbonyl (C=O) groups excluding carboxylic acids is 1. The zero-order chi connectivity index (χ0) is 30.9.